The van der Waals surface area contributed by atoms with Crippen molar-refractivity contribution in [3.8, 4) is 0 Å². The molecule has 1 aromatic rings. The molecule has 6 heteroatoms. The SMILES string of the molecule is CCC1CCC(NC(=O)Cn2cnc(N)n2)CC1. The van der Waals surface area contributed by atoms with Crippen molar-refractivity contribution < 1.29 is 4.79 Å². The molecule has 2 rings (SSSR count). The smallest absolute Gasteiger partial charge is 0.242 e. The first-order valence-corrected chi connectivity index (χ1v) is 6.61. The van der Waals surface area contributed by atoms with E-state index in [-0.39, 0.29) is 18.4 Å². The van der Waals surface area contributed by atoms with Gasteiger partial charge in [-0.05, 0) is 31.6 Å². The first-order chi connectivity index (χ1) is 8.67. The molecule has 3 N–H and O–H groups in total. The molecule has 0 atom stereocenters. The Kier molecular flexibility index (Phi) is 4.17. The number of nitrogen functional groups attached to an aromatic ring is 1. The Hall–Kier alpha value is -1.59. The quantitative estimate of drug-likeness (QED) is 0.834. The minimum absolute atomic E-state index is 0.0140. The molecule has 1 aliphatic carbocycles. The zero-order valence-corrected chi connectivity index (χ0v) is 10.8. The number of nitrogens with zero attached hydrogens (tertiary/aromatic N) is 3. The van der Waals surface area contributed by atoms with Gasteiger partial charge in [-0.2, -0.15) is 0 Å². The van der Waals surface area contributed by atoms with E-state index < -0.39 is 0 Å². The normalized spacial score (nSPS) is 23.8. The van der Waals surface area contributed by atoms with E-state index in [2.05, 4.69) is 22.3 Å². The third-order valence-corrected chi connectivity index (χ3v) is 3.65. The van der Waals surface area contributed by atoms with Crippen LogP contribution in [0.1, 0.15) is 39.0 Å². The summed E-state index contributed by atoms with van der Waals surface area (Å²) in [6.07, 6.45) is 7.34. The Morgan fingerprint density at radius 3 is 2.78 bits per heavy atom. The summed E-state index contributed by atoms with van der Waals surface area (Å²) >= 11 is 0. The largest absolute Gasteiger partial charge is 0.367 e. The lowest BCUT2D eigenvalue weighted by Crippen LogP contribution is -2.39. The van der Waals surface area contributed by atoms with Crippen molar-refractivity contribution in [2.45, 2.75) is 51.6 Å². The lowest BCUT2D eigenvalue weighted by atomic mass is 9.84. The van der Waals surface area contributed by atoms with Gasteiger partial charge in [0.1, 0.15) is 12.9 Å². The summed E-state index contributed by atoms with van der Waals surface area (Å²) in [5, 5.41) is 6.94. The maximum Gasteiger partial charge on any atom is 0.242 e. The molecule has 0 aromatic carbocycles. The van der Waals surface area contributed by atoms with Gasteiger partial charge < -0.3 is 11.1 Å². The topological polar surface area (TPSA) is 85.8 Å². The summed E-state index contributed by atoms with van der Waals surface area (Å²) in [6, 6.07) is 0.321. The van der Waals surface area contributed by atoms with Crippen molar-refractivity contribution in [1.29, 1.82) is 0 Å². The summed E-state index contributed by atoms with van der Waals surface area (Å²) in [6.45, 7) is 2.43. The van der Waals surface area contributed by atoms with Crippen LogP contribution < -0.4 is 11.1 Å². The molecule has 0 radical (unpaired) electrons. The maximum atomic E-state index is 11.8. The summed E-state index contributed by atoms with van der Waals surface area (Å²) < 4.78 is 1.46. The predicted octanol–water partition coefficient (Wildman–Crippen LogP) is 0.945. The molecule has 1 heterocycles. The van der Waals surface area contributed by atoms with Gasteiger partial charge in [0.15, 0.2) is 0 Å². The summed E-state index contributed by atoms with van der Waals surface area (Å²) in [4.78, 5) is 15.6. The monoisotopic (exact) mass is 251 g/mol. The lowest BCUT2D eigenvalue weighted by Gasteiger charge is -2.28. The van der Waals surface area contributed by atoms with Crippen LogP contribution in [0, 0.1) is 5.92 Å². The number of hydrogen-bond donors (Lipinski definition) is 2. The third kappa shape index (κ3) is 3.45. The van der Waals surface area contributed by atoms with Crippen LogP contribution in [0.5, 0.6) is 0 Å². The highest BCUT2D eigenvalue weighted by Gasteiger charge is 2.21. The molecular formula is C12H21N5O. The number of amides is 1. The van der Waals surface area contributed by atoms with Crippen LogP contribution in [-0.2, 0) is 11.3 Å². The van der Waals surface area contributed by atoms with Crippen molar-refractivity contribution in [1.82, 2.24) is 20.1 Å². The maximum absolute atomic E-state index is 11.8. The van der Waals surface area contributed by atoms with Crippen LogP contribution >= 0.6 is 0 Å². The molecule has 0 saturated heterocycles. The van der Waals surface area contributed by atoms with Crippen molar-refractivity contribution >= 4 is 11.9 Å². The Balaban J connectivity index is 1.75. The number of rotatable bonds is 4. The number of nitrogens with two attached hydrogens (primary N) is 1. The molecule has 0 bridgehead atoms. The second kappa shape index (κ2) is 5.84. The average Bonchev–Trinajstić information content (AvgIpc) is 2.75. The number of hydrogen-bond acceptors (Lipinski definition) is 4. The molecule has 0 aliphatic heterocycles. The minimum atomic E-state index is -0.0140. The molecule has 18 heavy (non-hydrogen) atoms. The molecule has 6 nitrogen and oxygen atoms in total. The van der Waals surface area contributed by atoms with Gasteiger partial charge in [0, 0.05) is 6.04 Å². The lowest BCUT2D eigenvalue weighted by molar-refractivity contribution is -0.122. The Morgan fingerprint density at radius 1 is 1.50 bits per heavy atom. The van der Waals surface area contributed by atoms with E-state index in [1.807, 2.05) is 0 Å². The molecule has 0 unspecified atom stereocenters. The van der Waals surface area contributed by atoms with Crippen LogP contribution in [0.15, 0.2) is 6.33 Å². The highest BCUT2D eigenvalue weighted by molar-refractivity contribution is 5.75. The van der Waals surface area contributed by atoms with Gasteiger partial charge in [0.2, 0.25) is 11.9 Å². The second-order valence-electron chi connectivity index (χ2n) is 4.99. The number of aromatic nitrogens is 3. The van der Waals surface area contributed by atoms with Gasteiger partial charge >= 0.3 is 0 Å². The highest BCUT2D eigenvalue weighted by Crippen LogP contribution is 2.26. The summed E-state index contributed by atoms with van der Waals surface area (Å²) in [5.74, 6) is 1.03. The van der Waals surface area contributed by atoms with E-state index in [4.69, 9.17) is 5.73 Å². The molecule has 1 aromatic heterocycles. The Labute approximate surface area is 107 Å². The minimum Gasteiger partial charge on any atom is -0.367 e. The molecule has 1 amide bonds. The first kappa shape index (κ1) is 12.9. The number of carbonyl (C=O) groups is 1. The van der Waals surface area contributed by atoms with Gasteiger partial charge in [-0.15, -0.1) is 5.10 Å². The van der Waals surface area contributed by atoms with Gasteiger partial charge in [-0.1, -0.05) is 13.3 Å². The van der Waals surface area contributed by atoms with Crippen molar-refractivity contribution in [2.75, 3.05) is 5.73 Å². The molecule has 1 fully saturated rings. The van der Waals surface area contributed by atoms with E-state index >= 15 is 0 Å². The van der Waals surface area contributed by atoms with E-state index in [0.29, 0.717) is 6.04 Å². The Bertz CT molecular complexity index is 395. The van der Waals surface area contributed by atoms with Crippen LogP contribution in [-0.4, -0.2) is 26.7 Å². The van der Waals surface area contributed by atoms with Crippen LogP contribution in [0.2, 0.25) is 0 Å². The molecule has 0 spiro atoms. The third-order valence-electron chi connectivity index (χ3n) is 3.65. The zero-order chi connectivity index (χ0) is 13.0. The standard InChI is InChI=1S/C12H21N5O/c1-2-9-3-5-10(6-4-9)15-11(18)7-17-8-14-12(13)16-17/h8-10H,2-7H2,1H3,(H2,13,16)(H,15,18). The molecule has 100 valence electrons. The summed E-state index contributed by atoms with van der Waals surface area (Å²) in [7, 11) is 0. The van der Waals surface area contributed by atoms with Crippen LogP contribution in [0.4, 0.5) is 5.95 Å². The molecule has 1 aliphatic rings. The predicted molar refractivity (Wildman–Crippen MR) is 68.6 cm³/mol. The second-order valence-corrected chi connectivity index (χ2v) is 4.99. The fourth-order valence-electron chi connectivity index (χ4n) is 2.52. The highest BCUT2D eigenvalue weighted by atomic mass is 16.2. The van der Waals surface area contributed by atoms with Crippen molar-refractivity contribution in [2.24, 2.45) is 5.92 Å². The fourth-order valence-corrected chi connectivity index (χ4v) is 2.52. The first-order valence-electron chi connectivity index (χ1n) is 6.61. The van der Waals surface area contributed by atoms with Crippen LogP contribution in [0.25, 0.3) is 0 Å². The van der Waals surface area contributed by atoms with E-state index in [1.54, 1.807) is 0 Å². The molecular weight excluding hydrogens is 230 g/mol. The van der Waals surface area contributed by atoms with Gasteiger partial charge in [-0.25, -0.2) is 9.67 Å². The van der Waals surface area contributed by atoms with E-state index in [9.17, 15) is 4.79 Å². The van der Waals surface area contributed by atoms with Gasteiger partial charge in [0.25, 0.3) is 0 Å². The van der Waals surface area contributed by atoms with Gasteiger partial charge in [-0.3, -0.25) is 4.79 Å². The number of nitrogens with one attached hydrogen (secondary N) is 1. The number of carbonyl (C=O) groups excluding carboxylic acids is 1. The van der Waals surface area contributed by atoms with Crippen molar-refractivity contribution in [3.05, 3.63) is 6.33 Å². The van der Waals surface area contributed by atoms with Gasteiger partial charge in [0.05, 0.1) is 0 Å². The number of anilines is 1. The van der Waals surface area contributed by atoms with E-state index in [1.165, 1.54) is 30.3 Å². The van der Waals surface area contributed by atoms with E-state index in [0.717, 1.165) is 18.8 Å². The fraction of sp³-hybridized carbons (Fsp3) is 0.750. The summed E-state index contributed by atoms with van der Waals surface area (Å²) in [5.41, 5.74) is 5.39. The zero-order valence-electron chi connectivity index (χ0n) is 10.8. The average molecular weight is 251 g/mol. The van der Waals surface area contributed by atoms with Crippen molar-refractivity contribution in [3.63, 3.8) is 0 Å². The molecule has 1 saturated carbocycles. The Morgan fingerprint density at radius 2 is 2.22 bits per heavy atom. The van der Waals surface area contributed by atoms with Crippen LogP contribution in [0.3, 0.4) is 0 Å².